The largest absolute Gasteiger partial charge is 0.459 e. The van der Waals surface area contributed by atoms with E-state index in [1.807, 2.05) is 34.0 Å². The maximum atomic E-state index is 11.6. The zero-order chi connectivity index (χ0) is 12.3. The lowest BCUT2D eigenvalue weighted by atomic mass is 10.1. The number of nitrogens with two attached hydrogens (primary N) is 1. The van der Waals surface area contributed by atoms with Crippen LogP contribution in [0.15, 0.2) is 12.4 Å². The van der Waals surface area contributed by atoms with Gasteiger partial charge in [0.2, 0.25) is 0 Å². The van der Waals surface area contributed by atoms with Crippen LogP contribution in [0.4, 0.5) is 0 Å². The van der Waals surface area contributed by atoms with Gasteiger partial charge in [-0.05, 0) is 26.3 Å². The maximum Gasteiger partial charge on any atom is 0.323 e. The first-order valence-corrected chi connectivity index (χ1v) is 5.24. The standard InChI is InChI=1S/C11H19N3O2/c1-11(2,3)16-10(15)9(12)5-8-6-13-14(4)7-8/h6-7,9H,5,12H2,1-4H3. The summed E-state index contributed by atoms with van der Waals surface area (Å²) in [6.07, 6.45) is 3.98. The van der Waals surface area contributed by atoms with Crippen LogP contribution in [0.5, 0.6) is 0 Å². The molecule has 0 spiro atoms. The molecule has 5 heteroatoms. The van der Waals surface area contributed by atoms with E-state index in [1.165, 1.54) is 0 Å². The van der Waals surface area contributed by atoms with Crippen molar-refractivity contribution < 1.29 is 9.53 Å². The monoisotopic (exact) mass is 225 g/mol. The summed E-state index contributed by atoms with van der Waals surface area (Å²) in [6.45, 7) is 5.46. The van der Waals surface area contributed by atoms with Crippen LogP contribution in [0, 0.1) is 0 Å². The van der Waals surface area contributed by atoms with Crippen LogP contribution in [0.3, 0.4) is 0 Å². The predicted octanol–water partition coefficient (Wildman–Crippen LogP) is 0.632. The van der Waals surface area contributed by atoms with Crippen LogP contribution < -0.4 is 5.73 Å². The second-order valence-electron chi connectivity index (χ2n) is 4.87. The molecule has 1 aromatic heterocycles. The minimum Gasteiger partial charge on any atom is -0.459 e. The van der Waals surface area contributed by atoms with Crippen LogP contribution in [0.25, 0.3) is 0 Å². The van der Waals surface area contributed by atoms with E-state index in [1.54, 1.807) is 10.9 Å². The Morgan fingerprint density at radius 3 is 2.69 bits per heavy atom. The van der Waals surface area contributed by atoms with Crippen molar-refractivity contribution in [2.75, 3.05) is 0 Å². The molecule has 0 bridgehead atoms. The number of nitrogens with zero attached hydrogens (tertiary/aromatic N) is 2. The van der Waals surface area contributed by atoms with Crippen LogP contribution in [-0.2, 0) is 23.0 Å². The Morgan fingerprint density at radius 1 is 1.62 bits per heavy atom. The second kappa shape index (κ2) is 4.65. The Bertz CT molecular complexity index is 366. The summed E-state index contributed by atoms with van der Waals surface area (Å²) in [7, 11) is 1.82. The van der Waals surface area contributed by atoms with E-state index in [0.29, 0.717) is 6.42 Å². The van der Waals surface area contributed by atoms with E-state index in [0.717, 1.165) is 5.56 Å². The van der Waals surface area contributed by atoms with Crippen molar-refractivity contribution in [3.63, 3.8) is 0 Å². The molecular formula is C11H19N3O2. The van der Waals surface area contributed by atoms with Crippen LogP contribution in [0.1, 0.15) is 26.3 Å². The Kier molecular flexibility index (Phi) is 3.70. The zero-order valence-electron chi connectivity index (χ0n) is 10.2. The highest BCUT2D eigenvalue weighted by Gasteiger charge is 2.22. The predicted molar refractivity (Wildman–Crippen MR) is 60.7 cm³/mol. The second-order valence-corrected chi connectivity index (χ2v) is 4.87. The molecule has 1 atom stereocenters. The van der Waals surface area contributed by atoms with Crippen molar-refractivity contribution in [3.05, 3.63) is 18.0 Å². The number of esters is 1. The van der Waals surface area contributed by atoms with E-state index < -0.39 is 11.6 Å². The van der Waals surface area contributed by atoms with E-state index in [9.17, 15) is 4.79 Å². The fourth-order valence-electron chi connectivity index (χ4n) is 1.29. The summed E-state index contributed by atoms with van der Waals surface area (Å²) in [5.74, 6) is -0.378. The van der Waals surface area contributed by atoms with Crippen LogP contribution in [-0.4, -0.2) is 27.4 Å². The highest BCUT2D eigenvalue weighted by molar-refractivity contribution is 5.76. The summed E-state index contributed by atoms with van der Waals surface area (Å²) in [5.41, 5.74) is 6.19. The van der Waals surface area contributed by atoms with Crippen molar-refractivity contribution in [1.82, 2.24) is 9.78 Å². The van der Waals surface area contributed by atoms with Gasteiger partial charge in [0.25, 0.3) is 0 Å². The van der Waals surface area contributed by atoms with Crippen LogP contribution >= 0.6 is 0 Å². The topological polar surface area (TPSA) is 70.1 Å². The van der Waals surface area contributed by atoms with Gasteiger partial charge in [-0.1, -0.05) is 0 Å². The van der Waals surface area contributed by atoms with E-state index in [2.05, 4.69) is 5.10 Å². The average molecular weight is 225 g/mol. The average Bonchev–Trinajstić information content (AvgIpc) is 2.48. The molecule has 2 N–H and O–H groups in total. The van der Waals surface area contributed by atoms with Crippen LogP contribution in [0.2, 0.25) is 0 Å². The number of hydrogen-bond acceptors (Lipinski definition) is 4. The summed E-state index contributed by atoms with van der Waals surface area (Å²) in [6, 6.07) is -0.636. The first-order chi connectivity index (χ1) is 7.28. The lowest BCUT2D eigenvalue weighted by molar-refractivity contribution is -0.156. The van der Waals surface area contributed by atoms with Crippen molar-refractivity contribution in [2.45, 2.75) is 38.8 Å². The summed E-state index contributed by atoms with van der Waals surface area (Å²) in [4.78, 5) is 11.6. The molecule has 0 amide bonds. The molecule has 1 heterocycles. The summed E-state index contributed by atoms with van der Waals surface area (Å²) >= 11 is 0. The molecule has 0 aliphatic rings. The zero-order valence-corrected chi connectivity index (χ0v) is 10.2. The normalized spacial score (nSPS) is 13.6. The number of aryl methyl sites for hydroxylation is 1. The molecule has 0 saturated heterocycles. The maximum absolute atomic E-state index is 11.6. The Hall–Kier alpha value is -1.36. The van der Waals surface area contributed by atoms with Gasteiger partial charge in [-0.2, -0.15) is 5.10 Å². The molecular weight excluding hydrogens is 206 g/mol. The molecule has 1 unspecified atom stereocenters. The fraction of sp³-hybridized carbons (Fsp3) is 0.636. The lowest BCUT2D eigenvalue weighted by Crippen LogP contribution is -2.38. The molecule has 16 heavy (non-hydrogen) atoms. The number of aromatic nitrogens is 2. The van der Waals surface area contributed by atoms with E-state index in [4.69, 9.17) is 10.5 Å². The van der Waals surface area contributed by atoms with Gasteiger partial charge in [0, 0.05) is 19.7 Å². The molecule has 0 aromatic carbocycles. The van der Waals surface area contributed by atoms with Crippen molar-refractivity contribution in [3.8, 4) is 0 Å². The number of carbonyl (C=O) groups is 1. The minimum absolute atomic E-state index is 0.378. The third kappa shape index (κ3) is 4.02. The first-order valence-electron chi connectivity index (χ1n) is 5.24. The number of carbonyl (C=O) groups excluding carboxylic acids is 1. The number of hydrogen-bond donors (Lipinski definition) is 1. The molecule has 1 aromatic rings. The molecule has 1 rings (SSSR count). The van der Waals surface area contributed by atoms with Gasteiger partial charge < -0.3 is 10.5 Å². The SMILES string of the molecule is Cn1cc(CC(N)C(=O)OC(C)(C)C)cn1. The van der Waals surface area contributed by atoms with Gasteiger partial charge in [0.15, 0.2) is 0 Å². The molecule has 0 radical (unpaired) electrons. The van der Waals surface area contributed by atoms with Gasteiger partial charge in [-0.15, -0.1) is 0 Å². The van der Waals surface area contributed by atoms with Crippen molar-refractivity contribution in [2.24, 2.45) is 12.8 Å². The van der Waals surface area contributed by atoms with Gasteiger partial charge in [-0.25, -0.2) is 0 Å². The Balaban J connectivity index is 2.52. The molecule has 90 valence electrons. The van der Waals surface area contributed by atoms with Gasteiger partial charge in [0.1, 0.15) is 11.6 Å². The third-order valence-corrected chi connectivity index (χ3v) is 1.92. The Labute approximate surface area is 95.6 Å². The molecule has 0 aliphatic heterocycles. The van der Waals surface area contributed by atoms with Gasteiger partial charge in [-0.3, -0.25) is 9.48 Å². The molecule has 0 aliphatic carbocycles. The molecule has 0 saturated carbocycles. The third-order valence-electron chi connectivity index (χ3n) is 1.92. The first kappa shape index (κ1) is 12.7. The van der Waals surface area contributed by atoms with Crippen molar-refractivity contribution in [1.29, 1.82) is 0 Å². The quantitative estimate of drug-likeness (QED) is 0.766. The van der Waals surface area contributed by atoms with Gasteiger partial charge >= 0.3 is 5.97 Å². The summed E-state index contributed by atoms with van der Waals surface area (Å²) in [5, 5.41) is 4.01. The van der Waals surface area contributed by atoms with Crippen molar-refractivity contribution >= 4 is 5.97 Å². The lowest BCUT2D eigenvalue weighted by Gasteiger charge is -2.21. The highest BCUT2D eigenvalue weighted by atomic mass is 16.6. The molecule has 5 nitrogen and oxygen atoms in total. The molecule has 0 fully saturated rings. The smallest absolute Gasteiger partial charge is 0.323 e. The highest BCUT2D eigenvalue weighted by Crippen LogP contribution is 2.09. The Morgan fingerprint density at radius 2 is 2.25 bits per heavy atom. The van der Waals surface area contributed by atoms with E-state index in [-0.39, 0.29) is 5.97 Å². The fourth-order valence-corrected chi connectivity index (χ4v) is 1.29. The number of rotatable bonds is 3. The van der Waals surface area contributed by atoms with Gasteiger partial charge in [0.05, 0.1) is 6.20 Å². The van der Waals surface area contributed by atoms with E-state index >= 15 is 0 Å². The number of ether oxygens (including phenoxy) is 1. The summed E-state index contributed by atoms with van der Waals surface area (Å²) < 4.78 is 6.87. The minimum atomic E-state index is -0.636.